The normalized spacial score (nSPS) is 30.8. The first-order valence-corrected chi connectivity index (χ1v) is 9.79. The highest BCUT2D eigenvalue weighted by molar-refractivity contribution is 6.02. The van der Waals surface area contributed by atoms with Crippen LogP contribution in [-0.4, -0.2) is 32.6 Å². The Morgan fingerprint density at radius 1 is 1.00 bits per heavy atom. The Hall–Kier alpha value is -2.08. The summed E-state index contributed by atoms with van der Waals surface area (Å²) >= 11 is 0. The Balaban J connectivity index is 1.56. The van der Waals surface area contributed by atoms with Crippen LogP contribution in [0.25, 0.3) is 0 Å². The van der Waals surface area contributed by atoms with E-state index in [-0.39, 0.29) is 23.8 Å². The molecule has 1 aromatic carbocycles. The second kappa shape index (κ2) is 7.15. The molecule has 4 aliphatic rings. The lowest BCUT2D eigenvalue weighted by Gasteiger charge is -2.55. The average Bonchev–Trinajstić information content (AvgIpc) is 2.62. The third-order valence-corrected chi connectivity index (χ3v) is 6.54. The van der Waals surface area contributed by atoms with E-state index in [1.54, 1.807) is 25.3 Å². The van der Waals surface area contributed by atoms with Gasteiger partial charge in [-0.1, -0.05) is 0 Å². The number of ether oxygens (including phenoxy) is 2. The van der Waals surface area contributed by atoms with Gasteiger partial charge in [0, 0.05) is 13.2 Å². The van der Waals surface area contributed by atoms with Crippen molar-refractivity contribution in [1.82, 2.24) is 0 Å². The van der Waals surface area contributed by atoms with Crippen LogP contribution in [0.2, 0.25) is 0 Å². The molecule has 0 atom stereocenters. The Morgan fingerprint density at radius 3 is 2.19 bits per heavy atom. The molecule has 2 amide bonds. The van der Waals surface area contributed by atoms with Gasteiger partial charge in [-0.15, -0.1) is 0 Å². The van der Waals surface area contributed by atoms with Crippen molar-refractivity contribution in [2.24, 2.45) is 23.2 Å². The number of amides is 2. The summed E-state index contributed by atoms with van der Waals surface area (Å²) in [6, 6.07) is 5.28. The molecule has 4 bridgehead atoms. The third-order valence-electron chi connectivity index (χ3n) is 6.54. The highest BCUT2D eigenvalue weighted by atomic mass is 16.5. The number of anilines is 2. The van der Waals surface area contributed by atoms with Gasteiger partial charge in [-0.2, -0.15) is 0 Å². The van der Waals surface area contributed by atoms with E-state index in [0.717, 1.165) is 19.3 Å². The molecule has 0 spiro atoms. The van der Waals surface area contributed by atoms with Crippen LogP contribution >= 0.6 is 0 Å². The van der Waals surface area contributed by atoms with E-state index in [0.29, 0.717) is 34.9 Å². The van der Waals surface area contributed by atoms with Gasteiger partial charge in [0.25, 0.3) is 0 Å². The summed E-state index contributed by atoms with van der Waals surface area (Å²) < 4.78 is 10.2. The molecule has 0 heterocycles. The van der Waals surface area contributed by atoms with Crippen LogP contribution in [0.5, 0.6) is 5.75 Å². The zero-order valence-electron chi connectivity index (χ0n) is 16.0. The lowest BCUT2D eigenvalue weighted by atomic mass is 9.49. The van der Waals surface area contributed by atoms with Crippen LogP contribution in [0.3, 0.4) is 0 Å². The van der Waals surface area contributed by atoms with E-state index in [2.05, 4.69) is 10.6 Å². The van der Waals surface area contributed by atoms with Crippen molar-refractivity contribution in [3.05, 3.63) is 18.2 Å². The van der Waals surface area contributed by atoms with E-state index < -0.39 is 0 Å². The Bertz CT molecular complexity index is 710. The quantitative estimate of drug-likeness (QED) is 0.802. The summed E-state index contributed by atoms with van der Waals surface area (Å²) in [5.41, 5.74) is 0.904. The Kier molecular flexibility index (Phi) is 4.84. The third kappa shape index (κ3) is 3.55. The standard InChI is InChI=1S/C21H28N2O4/c1-26-12-19(24)22-17-4-3-16(27-2)8-18(17)23-20(25)21-9-13-5-14(10-21)7-15(6-13)11-21/h3-4,8,13-15H,5-7,9-12H2,1-2H3,(H,22,24)(H,23,25). The van der Waals surface area contributed by atoms with Crippen LogP contribution in [-0.2, 0) is 14.3 Å². The van der Waals surface area contributed by atoms with E-state index in [1.165, 1.54) is 26.4 Å². The Labute approximate surface area is 160 Å². The number of nitrogens with one attached hydrogen (secondary N) is 2. The first kappa shape index (κ1) is 18.3. The fraction of sp³-hybridized carbons (Fsp3) is 0.619. The van der Waals surface area contributed by atoms with Gasteiger partial charge in [0.15, 0.2) is 0 Å². The molecule has 4 fully saturated rings. The zero-order chi connectivity index (χ0) is 19.0. The highest BCUT2D eigenvalue weighted by Gasteiger charge is 2.54. The first-order valence-electron chi connectivity index (χ1n) is 9.79. The summed E-state index contributed by atoms with van der Waals surface area (Å²) in [6.45, 7) is -0.0333. The molecular formula is C21H28N2O4. The summed E-state index contributed by atoms with van der Waals surface area (Å²) in [5, 5.41) is 5.92. The predicted molar refractivity (Wildman–Crippen MR) is 103 cm³/mol. The van der Waals surface area contributed by atoms with Crippen LogP contribution in [0.4, 0.5) is 11.4 Å². The van der Waals surface area contributed by atoms with Crippen molar-refractivity contribution >= 4 is 23.2 Å². The molecule has 6 nitrogen and oxygen atoms in total. The number of carbonyl (C=O) groups excluding carboxylic acids is 2. The van der Waals surface area contributed by atoms with Gasteiger partial charge in [0.2, 0.25) is 11.8 Å². The van der Waals surface area contributed by atoms with E-state index in [1.807, 2.05) is 0 Å². The lowest BCUT2D eigenvalue weighted by molar-refractivity contribution is -0.140. The van der Waals surface area contributed by atoms with Crippen molar-refractivity contribution in [2.75, 3.05) is 31.5 Å². The molecule has 146 valence electrons. The fourth-order valence-electron chi connectivity index (χ4n) is 5.82. The van der Waals surface area contributed by atoms with Crippen molar-refractivity contribution in [3.63, 3.8) is 0 Å². The van der Waals surface area contributed by atoms with Crippen LogP contribution < -0.4 is 15.4 Å². The van der Waals surface area contributed by atoms with Crippen LogP contribution in [0.1, 0.15) is 38.5 Å². The molecule has 4 saturated carbocycles. The van der Waals surface area contributed by atoms with E-state index >= 15 is 0 Å². The van der Waals surface area contributed by atoms with E-state index in [9.17, 15) is 9.59 Å². The molecule has 6 heteroatoms. The second-order valence-corrected chi connectivity index (χ2v) is 8.54. The van der Waals surface area contributed by atoms with Gasteiger partial charge in [-0.3, -0.25) is 9.59 Å². The van der Waals surface area contributed by atoms with Gasteiger partial charge in [-0.25, -0.2) is 0 Å². The molecule has 0 unspecified atom stereocenters. The summed E-state index contributed by atoms with van der Waals surface area (Å²) in [4.78, 5) is 25.3. The predicted octanol–water partition coefficient (Wildman–Crippen LogP) is 3.44. The van der Waals surface area contributed by atoms with Crippen molar-refractivity contribution in [3.8, 4) is 5.75 Å². The van der Waals surface area contributed by atoms with Gasteiger partial charge < -0.3 is 20.1 Å². The maximum atomic E-state index is 13.3. The Morgan fingerprint density at radius 2 is 1.63 bits per heavy atom. The molecule has 27 heavy (non-hydrogen) atoms. The highest BCUT2D eigenvalue weighted by Crippen LogP contribution is 2.60. The second-order valence-electron chi connectivity index (χ2n) is 8.54. The smallest absolute Gasteiger partial charge is 0.250 e. The first-order chi connectivity index (χ1) is 13.0. The van der Waals surface area contributed by atoms with Crippen molar-refractivity contribution in [2.45, 2.75) is 38.5 Å². The fourth-order valence-corrected chi connectivity index (χ4v) is 5.82. The maximum Gasteiger partial charge on any atom is 0.250 e. The minimum absolute atomic E-state index is 0.0333. The number of methoxy groups -OCH3 is 2. The van der Waals surface area contributed by atoms with Crippen LogP contribution in [0.15, 0.2) is 18.2 Å². The molecule has 2 N–H and O–H groups in total. The zero-order valence-corrected chi connectivity index (χ0v) is 16.0. The number of hydrogen-bond acceptors (Lipinski definition) is 4. The largest absolute Gasteiger partial charge is 0.497 e. The van der Waals surface area contributed by atoms with Gasteiger partial charge in [0.1, 0.15) is 12.4 Å². The molecule has 4 aliphatic carbocycles. The summed E-state index contributed by atoms with van der Waals surface area (Å²) in [6.07, 6.45) is 6.89. The molecule has 1 aromatic rings. The maximum absolute atomic E-state index is 13.3. The molecule has 0 aliphatic heterocycles. The topological polar surface area (TPSA) is 76.7 Å². The van der Waals surface area contributed by atoms with Gasteiger partial charge in [-0.05, 0) is 68.4 Å². The molecule has 0 aromatic heterocycles. The minimum Gasteiger partial charge on any atom is -0.497 e. The molecule has 0 radical (unpaired) electrons. The monoisotopic (exact) mass is 372 g/mol. The van der Waals surface area contributed by atoms with Gasteiger partial charge >= 0.3 is 0 Å². The molecule has 5 rings (SSSR count). The number of rotatable bonds is 6. The molecule has 0 saturated heterocycles. The average molecular weight is 372 g/mol. The van der Waals surface area contributed by atoms with Crippen molar-refractivity contribution in [1.29, 1.82) is 0 Å². The van der Waals surface area contributed by atoms with E-state index in [4.69, 9.17) is 9.47 Å². The van der Waals surface area contributed by atoms with Gasteiger partial charge in [0.05, 0.1) is 23.9 Å². The summed E-state index contributed by atoms with van der Waals surface area (Å²) in [7, 11) is 3.06. The van der Waals surface area contributed by atoms with Crippen molar-refractivity contribution < 1.29 is 19.1 Å². The number of benzene rings is 1. The number of hydrogen-bond donors (Lipinski definition) is 2. The SMILES string of the molecule is COCC(=O)Nc1ccc(OC)cc1NC(=O)C12CC3CC(CC(C3)C1)C2. The summed E-state index contributed by atoms with van der Waals surface area (Å²) in [5.74, 6) is 2.58. The molecular weight excluding hydrogens is 344 g/mol. The minimum atomic E-state index is -0.257. The lowest BCUT2D eigenvalue weighted by Crippen LogP contribution is -2.51. The number of carbonyl (C=O) groups is 2. The van der Waals surface area contributed by atoms with Crippen LogP contribution in [0, 0.1) is 23.2 Å².